The summed E-state index contributed by atoms with van der Waals surface area (Å²) in [7, 11) is -2.33. The van der Waals surface area contributed by atoms with Gasteiger partial charge in [-0.15, -0.1) is 0 Å². The third-order valence-electron chi connectivity index (χ3n) is 5.49. The largest absolute Gasteiger partial charge is 0.497 e. The zero-order chi connectivity index (χ0) is 26.3. The molecule has 1 N–H and O–H groups in total. The Hall–Kier alpha value is -2.49. The number of hydrogen-bond acceptors (Lipinski definition) is 5. The van der Waals surface area contributed by atoms with Gasteiger partial charge in [-0.3, -0.25) is 13.9 Å². The Morgan fingerprint density at radius 3 is 2.11 bits per heavy atom. The van der Waals surface area contributed by atoms with Gasteiger partial charge in [0.15, 0.2) is 0 Å². The highest BCUT2D eigenvalue weighted by Crippen LogP contribution is 2.27. The van der Waals surface area contributed by atoms with Gasteiger partial charge in [-0.2, -0.15) is 0 Å². The van der Waals surface area contributed by atoms with Gasteiger partial charge in [0.05, 0.1) is 19.1 Å². The summed E-state index contributed by atoms with van der Waals surface area (Å²) in [4.78, 5) is 27.8. The summed E-state index contributed by atoms with van der Waals surface area (Å²) in [5, 5.41) is 3.33. The number of rotatable bonds is 11. The third-order valence-corrected chi connectivity index (χ3v) is 7.07. The van der Waals surface area contributed by atoms with E-state index in [1.165, 1.54) is 23.1 Å². The van der Waals surface area contributed by atoms with Gasteiger partial charge in [-0.25, -0.2) is 8.42 Å². The molecule has 0 aromatic heterocycles. The minimum atomic E-state index is -3.88. The summed E-state index contributed by atoms with van der Waals surface area (Å²) >= 11 is 12.1. The first-order chi connectivity index (χ1) is 16.3. The van der Waals surface area contributed by atoms with Crippen molar-refractivity contribution in [3.05, 3.63) is 58.1 Å². The van der Waals surface area contributed by atoms with Crippen molar-refractivity contribution in [3.63, 3.8) is 0 Å². The molecule has 0 heterocycles. The Labute approximate surface area is 217 Å². The smallest absolute Gasteiger partial charge is 0.244 e. The van der Waals surface area contributed by atoms with E-state index in [9.17, 15) is 18.0 Å². The van der Waals surface area contributed by atoms with E-state index in [0.717, 1.165) is 22.5 Å². The van der Waals surface area contributed by atoms with E-state index in [2.05, 4.69) is 5.32 Å². The average molecular weight is 545 g/mol. The molecule has 0 bridgehead atoms. The third kappa shape index (κ3) is 8.30. The van der Waals surface area contributed by atoms with Crippen molar-refractivity contribution in [1.82, 2.24) is 10.2 Å². The number of hydrogen-bond donors (Lipinski definition) is 1. The molecule has 0 aliphatic carbocycles. The van der Waals surface area contributed by atoms with Crippen molar-refractivity contribution < 1.29 is 22.7 Å². The van der Waals surface area contributed by atoms with Crippen molar-refractivity contribution in [2.45, 2.75) is 45.8 Å². The number of nitrogens with one attached hydrogen (secondary N) is 1. The first-order valence-corrected chi connectivity index (χ1v) is 13.6. The molecule has 0 aliphatic heterocycles. The second-order valence-corrected chi connectivity index (χ2v) is 11.0. The summed E-state index contributed by atoms with van der Waals surface area (Å²) in [6, 6.07) is 10.4. The fraction of sp³-hybridized carbons (Fsp3) is 0.417. The van der Waals surface area contributed by atoms with Gasteiger partial charge in [0.25, 0.3) is 0 Å². The zero-order valence-electron chi connectivity index (χ0n) is 20.4. The Kier molecular flexibility index (Phi) is 10.2. The van der Waals surface area contributed by atoms with Crippen LogP contribution in [0.4, 0.5) is 5.69 Å². The van der Waals surface area contributed by atoms with E-state index in [-0.39, 0.29) is 34.2 Å². The lowest BCUT2D eigenvalue weighted by Gasteiger charge is -2.32. The van der Waals surface area contributed by atoms with Gasteiger partial charge >= 0.3 is 0 Å². The van der Waals surface area contributed by atoms with Crippen molar-refractivity contribution in [3.8, 4) is 5.75 Å². The van der Waals surface area contributed by atoms with Crippen LogP contribution in [0, 0.1) is 0 Å². The maximum Gasteiger partial charge on any atom is 0.244 e. The van der Waals surface area contributed by atoms with Crippen molar-refractivity contribution in [2.75, 3.05) is 24.2 Å². The number of sulfonamides is 1. The molecule has 35 heavy (non-hydrogen) atoms. The number of benzene rings is 2. The van der Waals surface area contributed by atoms with E-state index in [4.69, 9.17) is 27.9 Å². The SMILES string of the molecule is CC[C@@H](C)NC(=O)[C@@H](C)N(Cc1ccc(OC)cc1)C(=O)CN(c1cc(Cl)cc(Cl)c1)S(C)(=O)=O. The molecule has 2 atom stereocenters. The maximum absolute atomic E-state index is 13.5. The number of anilines is 1. The Balaban J connectivity index is 2.41. The lowest BCUT2D eigenvalue weighted by Crippen LogP contribution is -2.52. The number of carbonyl (C=O) groups is 2. The molecular weight excluding hydrogens is 513 g/mol. The van der Waals surface area contributed by atoms with Gasteiger partial charge < -0.3 is 15.0 Å². The number of nitrogens with zero attached hydrogens (tertiary/aromatic N) is 2. The fourth-order valence-electron chi connectivity index (χ4n) is 3.27. The van der Waals surface area contributed by atoms with E-state index in [1.807, 2.05) is 13.8 Å². The number of methoxy groups -OCH3 is 1. The number of halogens is 2. The van der Waals surface area contributed by atoms with Crippen LogP contribution in [0.2, 0.25) is 10.0 Å². The molecule has 0 saturated heterocycles. The Bertz CT molecular complexity index is 1120. The molecule has 0 unspecified atom stereocenters. The van der Waals surface area contributed by atoms with Crippen molar-refractivity contribution in [1.29, 1.82) is 0 Å². The van der Waals surface area contributed by atoms with Crippen LogP contribution in [0.5, 0.6) is 5.75 Å². The first-order valence-electron chi connectivity index (χ1n) is 11.0. The van der Waals surface area contributed by atoms with Crippen LogP contribution >= 0.6 is 23.2 Å². The summed E-state index contributed by atoms with van der Waals surface area (Å²) < 4.78 is 31.3. The second kappa shape index (κ2) is 12.5. The molecule has 192 valence electrons. The van der Waals surface area contributed by atoms with E-state index >= 15 is 0 Å². The molecule has 0 saturated carbocycles. The Morgan fingerprint density at radius 2 is 1.63 bits per heavy atom. The van der Waals surface area contributed by atoms with Gasteiger partial charge in [-0.1, -0.05) is 42.3 Å². The molecule has 2 rings (SSSR count). The lowest BCUT2D eigenvalue weighted by atomic mass is 10.1. The van der Waals surface area contributed by atoms with Crippen LogP contribution in [0.15, 0.2) is 42.5 Å². The van der Waals surface area contributed by atoms with Gasteiger partial charge in [0.1, 0.15) is 18.3 Å². The fourth-order valence-corrected chi connectivity index (χ4v) is 4.62. The van der Waals surface area contributed by atoms with Crippen LogP contribution < -0.4 is 14.4 Å². The molecule has 8 nitrogen and oxygen atoms in total. The standard InChI is InChI=1S/C24H31Cl2N3O5S/c1-6-16(2)27-24(31)17(3)28(14-18-7-9-22(34-4)10-8-18)23(30)15-29(35(5,32)33)21-12-19(25)11-20(26)13-21/h7-13,16-17H,6,14-15H2,1-5H3,(H,27,31)/t16-,17-/m1/s1. The maximum atomic E-state index is 13.5. The normalized spacial score (nSPS) is 13.0. The number of ether oxygens (including phenoxy) is 1. The molecular formula is C24H31Cl2N3O5S. The quantitative estimate of drug-likeness (QED) is 0.460. The van der Waals surface area contributed by atoms with Gasteiger partial charge in [0, 0.05) is 22.6 Å². The summed E-state index contributed by atoms with van der Waals surface area (Å²) in [5.74, 6) is -0.248. The molecule has 2 amide bonds. The Morgan fingerprint density at radius 1 is 1.06 bits per heavy atom. The van der Waals surface area contributed by atoms with E-state index < -0.39 is 28.5 Å². The van der Waals surface area contributed by atoms with Crippen molar-refractivity contribution >= 4 is 50.7 Å². The summed E-state index contributed by atoms with van der Waals surface area (Å²) in [5.41, 5.74) is 0.901. The van der Waals surface area contributed by atoms with Crippen LogP contribution in [0.25, 0.3) is 0 Å². The summed E-state index contributed by atoms with van der Waals surface area (Å²) in [6.45, 7) is 4.98. The molecule has 11 heteroatoms. The highest BCUT2D eigenvalue weighted by atomic mass is 35.5. The molecule has 0 fully saturated rings. The van der Waals surface area contributed by atoms with Crippen LogP contribution in [-0.4, -0.2) is 57.1 Å². The predicted octanol–water partition coefficient (Wildman–Crippen LogP) is 4.10. The molecule has 0 aliphatic rings. The zero-order valence-corrected chi connectivity index (χ0v) is 22.7. The van der Waals surface area contributed by atoms with Crippen LogP contribution in [0.3, 0.4) is 0 Å². The van der Waals surface area contributed by atoms with Crippen molar-refractivity contribution in [2.24, 2.45) is 0 Å². The minimum absolute atomic E-state index is 0.0796. The van der Waals surface area contributed by atoms with Crippen LogP contribution in [0.1, 0.15) is 32.8 Å². The highest BCUT2D eigenvalue weighted by Gasteiger charge is 2.30. The van der Waals surface area contributed by atoms with E-state index in [0.29, 0.717) is 5.75 Å². The van der Waals surface area contributed by atoms with Gasteiger partial charge in [-0.05, 0) is 56.2 Å². The summed E-state index contributed by atoms with van der Waals surface area (Å²) in [6.07, 6.45) is 1.71. The number of amides is 2. The molecule has 0 spiro atoms. The lowest BCUT2D eigenvalue weighted by molar-refractivity contribution is -0.139. The monoisotopic (exact) mass is 543 g/mol. The molecule has 2 aromatic rings. The average Bonchev–Trinajstić information content (AvgIpc) is 2.79. The van der Waals surface area contributed by atoms with Crippen LogP contribution in [-0.2, 0) is 26.2 Å². The second-order valence-electron chi connectivity index (χ2n) is 8.26. The topological polar surface area (TPSA) is 96.0 Å². The minimum Gasteiger partial charge on any atom is -0.497 e. The highest BCUT2D eigenvalue weighted by molar-refractivity contribution is 7.92. The van der Waals surface area contributed by atoms with E-state index in [1.54, 1.807) is 38.3 Å². The number of carbonyl (C=O) groups excluding carboxylic acids is 2. The predicted molar refractivity (Wildman–Crippen MR) is 140 cm³/mol. The van der Waals surface area contributed by atoms with Gasteiger partial charge in [0.2, 0.25) is 21.8 Å². The molecule has 0 radical (unpaired) electrons. The molecule has 2 aromatic carbocycles. The first kappa shape index (κ1) is 28.7.